The monoisotopic (exact) mass is 284 g/mol. The van der Waals surface area contributed by atoms with Crippen LogP contribution in [0.2, 0.25) is 0 Å². The molecule has 10 heteroatoms. The predicted molar refractivity (Wildman–Crippen MR) is 66.2 cm³/mol. The van der Waals surface area contributed by atoms with E-state index in [0.29, 0.717) is 5.82 Å². The van der Waals surface area contributed by atoms with E-state index in [0.717, 1.165) is 0 Å². The normalized spacial score (nSPS) is 11.7. The number of carbonyl (C=O) groups excluding carboxylic acids is 2. The van der Waals surface area contributed by atoms with Crippen molar-refractivity contribution in [2.75, 3.05) is 0 Å². The molecule has 10 nitrogen and oxygen atoms in total. The van der Waals surface area contributed by atoms with E-state index < -0.39 is 23.9 Å². The second-order valence-electron chi connectivity index (χ2n) is 4.06. The Bertz CT molecular complexity index is 500. The van der Waals surface area contributed by atoms with Gasteiger partial charge < -0.3 is 21.5 Å². The van der Waals surface area contributed by atoms with Gasteiger partial charge in [0.25, 0.3) is 0 Å². The number of urea groups is 1. The van der Waals surface area contributed by atoms with Crippen molar-refractivity contribution in [2.24, 2.45) is 12.8 Å². The molecule has 3 amide bonds. The summed E-state index contributed by atoms with van der Waals surface area (Å²) >= 11 is 0. The second kappa shape index (κ2) is 7.07. The van der Waals surface area contributed by atoms with Gasteiger partial charge in [-0.05, 0) is 6.42 Å². The number of nitrogens with one attached hydrogen (secondary N) is 2. The molecule has 0 saturated heterocycles. The summed E-state index contributed by atoms with van der Waals surface area (Å²) in [6.07, 6.45) is 1.28. The molecular formula is C10H16N6O4. The molecule has 0 radical (unpaired) electrons. The molecule has 5 N–H and O–H groups in total. The summed E-state index contributed by atoms with van der Waals surface area (Å²) in [6, 6.07) is -1.87. The van der Waals surface area contributed by atoms with Crippen LogP contribution in [-0.4, -0.2) is 43.8 Å². The van der Waals surface area contributed by atoms with Crippen LogP contribution in [0.25, 0.3) is 0 Å². The van der Waals surface area contributed by atoms with E-state index in [-0.39, 0.29) is 19.4 Å². The highest BCUT2D eigenvalue weighted by molar-refractivity contribution is 5.83. The molecule has 0 saturated carbocycles. The quantitative estimate of drug-likeness (QED) is 0.470. The van der Waals surface area contributed by atoms with Crippen molar-refractivity contribution in [1.82, 2.24) is 25.4 Å². The SMILES string of the molecule is Cn1cnc(CNC(=O)N[C@H](CCC(N)=O)C(=O)O)n1. The molecular weight excluding hydrogens is 268 g/mol. The lowest BCUT2D eigenvalue weighted by Crippen LogP contribution is -2.46. The molecule has 0 unspecified atom stereocenters. The van der Waals surface area contributed by atoms with Gasteiger partial charge in [0.1, 0.15) is 12.4 Å². The van der Waals surface area contributed by atoms with Crippen LogP contribution in [0.4, 0.5) is 4.79 Å². The number of hydrogen-bond acceptors (Lipinski definition) is 5. The van der Waals surface area contributed by atoms with Gasteiger partial charge in [0, 0.05) is 13.5 Å². The molecule has 0 aliphatic carbocycles. The third-order valence-corrected chi connectivity index (χ3v) is 2.34. The van der Waals surface area contributed by atoms with Gasteiger partial charge in [0.15, 0.2) is 5.82 Å². The summed E-state index contributed by atoms with van der Waals surface area (Å²) in [7, 11) is 1.68. The molecule has 1 heterocycles. The Balaban J connectivity index is 2.41. The number of primary amides is 1. The predicted octanol–water partition coefficient (Wildman–Crippen LogP) is -1.67. The van der Waals surface area contributed by atoms with Crippen molar-refractivity contribution in [1.29, 1.82) is 0 Å². The van der Waals surface area contributed by atoms with Gasteiger partial charge in [-0.15, -0.1) is 0 Å². The summed E-state index contributed by atoms with van der Waals surface area (Å²) in [6.45, 7) is 0.0643. The van der Waals surface area contributed by atoms with Crippen molar-refractivity contribution in [3.05, 3.63) is 12.2 Å². The van der Waals surface area contributed by atoms with Crippen LogP contribution in [0.15, 0.2) is 6.33 Å². The molecule has 1 rings (SSSR count). The number of nitrogens with zero attached hydrogens (tertiary/aromatic N) is 3. The maximum atomic E-state index is 11.5. The largest absolute Gasteiger partial charge is 0.480 e. The molecule has 0 aliphatic rings. The Morgan fingerprint density at radius 3 is 2.70 bits per heavy atom. The van der Waals surface area contributed by atoms with E-state index in [1.807, 2.05) is 0 Å². The average Bonchev–Trinajstić information content (AvgIpc) is 2.77. The van der Waals surface area contributed by atoms with Gasteiger partial charge in [-0.25, -0.2) is 14.6 Å². The number of amides is 3. The molecule has 0 spiro atoms. The second-order valence-corrected chi connectivity index (χ2v) is 4.06. The Hall–Kier alpha value is -2.65. The number of carboxylic acid groups (broad SMARTS) is 1. The fraction of sp³-hybridized carbons (Fsp3) is 0.500. The Morgan fingerprint density at radius 2 is 2.20 bits per heavy atom. The number of carboxylic acids is 1. The summed E-state index contributed by atoms with van der Waals surface area (Å²) in [5, 5.41) is 17.5. The molecule has 1 aromatic heterocycles. The van der Waals surface area contributed by atoms with Gasteiger partial charge in [-0.1, -0.05) is 0 Å². The van der Waals surface area contributed by atoms with Crippen molar-refractivity contribution >= 4 is 17.9 Å². The van der Waals surface area contributed by atoms with Gasteiger partial charge in [-0.3, -0.25) is 9.48 Å². The third-order valence-electron chi connectivity index (χ3n) is 2.34. The number of rotatable bonds is 7. The van der Waals surface area contributed by atoms with Gasteiger partial charge in [0.2, 0.25) is 5.91 Å². The van der Waals surface area contributed by atoms with Crippen molar-refractivity contribution in [3.8, 4) is 0 Å². The highest BCUT2D eigenvalue weighted by Crippen LogP contribution is 1.97. The number of hydrogen-bond donors (Lipinski definition) is 4. The Morgan fingerprint density at radius 1 is 1.50 bits per heavy atom. The number of aliphatic carboxylic acids is 1. The smallest absolute Gasteiger partial charge is 0.326 e. The molecule has 0 fully saturated rings. The molecule has 0 aliphatic heterocycles. The van der Waals surface area contributed by atoms with Crippen molar-refractivity contribution in [2.45, 2.75) is 25.4 Å². The summed E-state index contributed by atoms with van der Waals surface area (Å²) in [4.78, 5) is 36.9. The first-order valence-corrected chi connectivity index (χ1v) is 5.78. The van der Waals surface area contributed by atoms with Gasteiger partial charge >= 0.3 is 12.0 Å². The fourth-order valence-corrected chi connectivity index (χ4v) is 1.38. The van der Waals surface area contributed by atoms with Crippen LogP contribution in [0.3, 0.4) is 0 Å². The number of nitrogens with two attached hydrogens (primary N) is 1. The van der Waals surface area contributed by atoms with Crippen LogP contribution in [0.5, 0.6) is 0 Å². The Kier molecular flexibility index (Phi) is 5.44. The number of aromatic nitrogens is 3. The first-order chi connectivity index (χ1) is 9.38. The van der Waals surface area contributed by atoms with E-state index in [1.54, 1.807) is 7.05 Å². The Labute approximate surface area is 114 Å². The van der Waals surface area contributed by atoms with Gasteiger partial charge in [-0.2, -0.15) is 5.10 Å². The van der Waals surface area contributed by atoms with Gasteiger partial charge in [0.05, 0.1) is 6.54 Å². The minimum absolute atomic E-state index is 0.0643. The topological polar surface area (TPSA) is 152 Å². The lowest BCUT2D eigenvalue weighted by Gasteiger charge is -2.13. The molecule has 20 heavy (non-hydrogen) atoms. The fourth-order valence-electron chi connectivity index (χ4n) is 1.38. The molecule has 1 aromatic rings. The van der Waals surface area contributed by atoms with Crippen LogP contribution < -0.4 is 16.4 Å². The standard InChI is InChI=1S/C10H16N6O4/c1-16-5-13-8(15-16)4-12-10(20)14-6(9(18)19)2-3-7(11)17/h5-6H,2-4H2,1H3,(H2,11,17)(H,18,19)(H2,12,14,20)/t6-/m1/s1. The van der Waals surface area contributed by atoms with E-state index in [9.17, 15) is 14.4 Å². The van der Waals surface area contributed by atoms with Crippen molar-refractivity contribution < 1.29 is 19.5 Å². The van der Waals surface area contributed by atoms with E-state index >= 15 is 0 Å². The third kappa shape index (κ3) is 5.33. The molecule has 0 bridgehead atoms. The molecule has 1 atom stereocenters. The highest BCUT2D eigenvalue weighted by atomic mass is 16.4. The summed E-state index contributed by atoms with van der Waals surface area (Å²) in [5.74, 6) is -1.47. The van der Waals surface area contributed by atoms with E-state index in [1.165, 1.54) is 11.0 Å². The summed E-state index contributed by atoms with van der Waals surface area (Å²) < 4.78 is 1.47. The minimum Gasteiger partial charge on any atom is -0.480 e. The van der Waals surface area contributed by atoms with Crippen LogP contribution in [0.1, 0.15) is 18.7 Å². The highest BCUT2D eigenvalue weighted by Gasteiger charge is 2.20. The maximum absolute atomic E-state index is 11.5. The number of aryl methyl sites for hydroxylation is 1. The lowest BCUT2D eigenvalue weighted by atomic mass is 10.1. The first-order valence-electron chi connectivity index (χ1n) is 5.78. The maximum Gasteiger partial charge on any atom is 0.326 e. The van der Waals surface area contributed by atoms with E-state index in [4.69, 9.17) is 10.8 Å². The van der Waals surface area contributed by atoms with Crippen LogP contribution in [-0.2, 0) is 23.2 Å². The zero-order valence-corrected chi connectivity index (χ0v) is 10.9. The summed E-state index contributed by atoms with van der Waals surface area (Å²) in [5.41, 5.74) is 4.93. The lowest BCUT2D eigenvalue weighted by molar-refractivity contribution is -0.139. The van der Waals surface area contributed by atoms with Crippen LogP contribution >= 0.6 is 0 Å². The van der Waals surface area contributed by atoms with E-state index in [2.05, 4.69) is 20.7 Å². The average molecular weight is 284 g/mol. The molecule has 110 valence electrons. The minimum atomic E-state index is -1.24. The zero-order valence-electron chi connectivity index (χ0n) is 10.9. The van der Waals surface area contributed by atoms with Crippen molar-refractivity contribution in [3.63, 3.8) is 0 Å². The molecule has 0 aromatic carbocycles. The van der Waals surface area contributed by atoms with Crippen LogP contribution in [0, 0.1) is 0 Å². The zero-order chi connectivity index (χ0) is 15.1. The first kappa shape index (κ1) is 15.4. The number of carbonyl (C=O) groups is 3.